The van der Waals surface area contributed by atoms with Gasteiger partial charge in [0.1, 0.15) is 5.75 Å². The van der Waals surface area contributed by atoms with Gasteiger partial charge in [-0.05, 0) is 43.3 Å². The molecule has 0 fully saturated rings. The van der Waals surface area contributed by atoms with Gasteiger partial charge in [0.15, 0.2) is 0 Å². The van der Waals surface area contributed by atoms with E-state index in [2.05, 4.69) is 5.32 Å². The van der Waals surface area contributed by atoms with Crippen LogP contribution in [0.4, 0.5) is 24.5 Å². The molecule has 0 atom stereocenters. The van der Waals surface area contributed by atoms with Gasteiger partial charge in [0.25, 0.3) is 5.91 Å². The summed E-state index contributed by atoms with van der Waals surface area (Å²) in [4.78, 5) is 12.3. The first kappa shape index (κ1) is 17.9. The Balaban J connectivity index is 2.32. The molecule has 24 heavy (non-hydrogen) atoms. The van der Waals surface area contributed by atoms with Gasteiger partial charge in [-0.15, -0.1) is 0 Å². The number of rotatable bonds is 4. The van der Waals surface area contributed by atoms with E-state index < -0.39 is 22.7 Å². The first-order valence-electron chi connectivity index (χ1n) is 6.92. The summed E-state index contributed by atoms with van der Waals surface area (Å²) in [6, 6.07) is 7.60. The summed E-state index contributed by atoms with van der Waals surface area (Å²) >= 11 is 5.55. The van der Waals surface area contributed by atoms with Gasteiger partial charge in [0.05, 0.1) is 22.8 Å². The SMILES string of the molecule is CCOc1ccc(N)cc1C(=O)Nc1ccc(Cl)c(C(F)(F)F)c1. The highest BCUT2D eigenvalue weighted by molar-refractivity contribution is 6.31. The number of alkyl halides is 3. The number of benzene rings is 2. The van der Waals surface area contributed by atoms with Gasteiger partial charge >= 0.3 is 6.18 Å². The normalized spacial score (nSPS) is 11.2. The highest BCUT2D eigenvalue weighted by Crippen LogP contribution is 2.36. The van der Waals surface area contributed by atoms with E-state index in [1.54, 1.807) is 13.0 Å². The van der Waals surface area contributed by atoms with E-state index in [1.807, 2.05) is 0 Å². The van der Waals surface area contributed by atoms with Crippen LogP contribution in [0.1, 0.15) is 22.8 Å². The average molecular weight is 359 g/mol. The molecule has 0 radical (unpaired) electrons. The van der Waals surface area contributed by atoms with Crippen LogP contribution in [0.25, 0.3) is 0 Å². The lowest BCUT2D eigenvalue weighted by molar-refractivity contribution is -0.137. The van der Waals surface area contributed by atoms with Crippen molar-refractivity contribution in [1.29, 1.82) is 0 Å². The third kappa shape index (κ3) is 4.11. The van der Waals surface area contributed by atoms with Gasteiger partial charge in [-0.25, -0.2) is 0 Å². The molecule has 0 saturated carbocycles. The van der Waals surface area contributed by atoms with Gasteiger partial charge in [-0.3, -0.25) is 4.79 Å². The fourth-order valence-corrected chi connectivity index (χ4v) is 2.25. The summed E-state index contributed by atoms with van der Waals surface area (Å²) in [5.74, 6) is -0.351. The first-order chi connectivity index (χ1) is 11.2. The van der Waals surface area contributed by atoms with Gasteiger partial charge in [-0.2, -0.15) is 13.2 Å². The Hall–Kier alpha value is -2.41. The number of halogens is 4. The number of hydrogen-bond acceptors (Lipinski definition) is 3. The zero-order valence-electron chi connectivity index (χ0n) is 12.6. The number of anilines is 2. The van der Waals surface area contributed by atoms with E-state index in [0.717, 1.165) is 12.1 Å². The van der Waals surface area contributed by atoms with E-state index in [0.29, 0.717) is 12.3 Å². The number of carbonyl (C=O) groups is 1. The second kappa shape index (κ2) is 7.00. The second-order valence-corrected chi connectivity index (χ2v) is 5.24. The molecule has 0 saturated heterocycles. The van der Waals surface area contributed by atoms with Crippen LogP contribution in [0, 0.1) is 0 Å². The number of carbonyl (C=O) groups excluding carboxylic acids is 1. The lowest BCUT2D eigenvalue weighted by Crippen LogP contribution is -2.15. The molecule has 2 rings (SSSR count). The summed E-state index contributed by atoms with van der Waals surface area (Å²) in [7, 11) is 0. The van der Waals surface area contributed by atoms with Crippen molar-refractivity contribution in [2.24, 2.45) is 0 Å². The van der Waals surface area contributed by atoms with Crippen molar-refractivity contribution in [2.75, 3.05) is 17.7 Å². The summed E-state index contributed by atoms with van der Waals surface area (Å²) < 4.78 is 43.9. The van der Waals surface area contributed by atoms with Crippen LogP contribution in [-0.4, -0.2) is 12.5 Å². The molecule has 1 amide bonds. The van der Waals surface area contributed by atoms with E-state index in [4.69, 9.17) is 22.1 Å². The maximum Gasteiger partial charge on any atom is 0.417 e. The fraction of sp³-hybridized carbons (Fsp3) is 0.188. The van der Waals surface area contributed by atoms with Crippen LogP contribution in [-0.2, 0) is 6.18 Å². The molecule has 0 spiro atoms. The molecule has 3 N–H and O–H groups in total. The number of nitrogen functional groups attached to an aromatic ring is 1. The van der Waals surface area contributed by atoms with Gasteiger partial charge in [-0.1, -0.05) is 11.6 Å². The third-order valence-corrected chi connectivity index (χ3v) is 3.41. The van der Waals surface area contributed by atoms with Gasteiger partial charge in [0, 0.05) is 11.4 Å². The molecule has 2 aromatic carbocycles. The van der Waals surface area contributed by atoms with Crippen molar-refractivity contribution < 1.29 is 22.7 Å². The molecular weight excluding hydrogens is 345 g/mol. The highest BCUT2D eigenvalue weighted by Gasteiger charge is 2.33. The second-order valence-electron chi connectivity index (χ2n) is 4.84. The largest absolute Gasteiger partial charge is 0.493 e. The fourth-order valence-electron chi connectivity index (χ4n) is 2.03. The Labute approximate surface area is 141 Å². The molecule has 128 valence electrons. The van der Waals surface area contributed by atoms with Crippen LogP contribution in [0.2, 0.25) is 5.02 Å². The first-order valence-corrected chi connectivity index (χ1v) is 7.30. The number of amides is 1. The van der Waals surface area contributed by atoms with E-state index in [1.165, 1.54) is 18.2 Å². The van der Waals surface area contributed by atoms with Gasteiger partial charge < -0.3 is 15.8 Å². The smallest absolute Gasteiger partial charge is 0.417 e. The third-order valence-electron chi connectivity index (χ3n) is 3.08. The van der Waals surface area contributed by atoms with Crippen molar-refractivity contribution in [3.8, 4) is 5.75 Å². The lowest BCUT2D eigenvalue weighted by Gasteiger charge is -2.13. The number of ether oxygens (including phenoxy) is 1. The van der Waals surface area contributed by atoms with Crippen LogP contribution < -0.4 is 15.8 Å². The topological polar surface area (TPSA) is 64.3 Å². The summed E-state index contributed by atoms with van der Waals surface area (Å²) in [6.45, 7) is 2.07. The predicted octanol–water partition coefficient (Wildman–Crippen LogP) is 4.59. The van der Waals surface area contributed by atoms with Crippen LogP contribution >= 0.6 is 11.6 Å². The molecule has 0 aliphatic carbocycles. The average Bonchev–Trinajstić information content (AvgIpc) is 2.50. The number of hydrogen-bond donors (Lipinski definition) is 2. The molecule has 2 aromatic rings. The maximum absolute atomic E-state index is 12.9. The van der Waals surface area contributed by atoms with E-state index in [-0.39, 0.29) is 17.0 Å². The molecule has 0 unspecified atom stereocenters. The van der Waals surface area contributed by atoms with Crippen LogP contribution in [0.15, 0.2) is 36.4 Å². The minimum Gasteiger partial charge on any atom is -0.493 e. The maximum atomic E-state index is 12.9. The predicted molar refractivity (Wildman–Crippen MR) is 86.4 cm³/mol. The minimum absolute atomic E-state index is 0.0402. The Morgan fingerprint density at radius 1 is 1.25 bits per heavy atom. The zero-order chi connectivity index (χ0) is 17.9. The summed E-state index contributed by atoms with van der Waals surface area (Å²) in [5, 5.41) is 1.95. The zero-order valence-corrected chi connectivity index (χ0v) is 13.3. The minimum atomic E-state index is -4.62. The summed E-state index contributed by atoms with van der Waals surface area (Å²) in [6.07, 6.45) is -4.62. The van der Waals surface area contributed by atoms with Crippen LogP contribution in [0.3, 0.4) is 0 Å². The quantitative estimate of drug-likeness (QED) is 0.785. The Bertz CT molecular complexity index is 763. The highest BCUT2D eigenvalue weighted by atomic mass is 35.5. The van der Waals surface area contributed by atoms with Crippen LogP contribution in [0.5, 0.6) is 5.75 Å². The Morgan fingerprint density at radius 2 is 1.96 bits per heavy atom. The number of nitrogens with two attached hydrogens (primary N) is 1. The van der Waals surface area contributed by atoms with Crippen molar-refractivity contribution in [2.45, 2.75) is 13.1 Å². The molecule has 0 bridgehead atoms. The van der Waals surface area contributed by atoms with Crippen molar-refractivity contribution in [3.05, 3.63) is 52.5 Å². The van der Waals surface area contributed by atoms with Crippen molar-refractivity contribution in [3.63, 3.8) is 0 Å². The molecule has 4 nitrogen and oxygen atoms in total. The molecule has 0 aliphatic rings. The molecular formula is C16H14ClF3N2O2. The summed E-state index contributed by atoms with van der Waals surface area (Å²) in [5.41, 5.74) is 5.04. The Morgan fingerprint density at radius 3 is 2.58 bits per heavy atom. The monoisotopic (exact) mass is 358 g/mol. The lowest BCUT2D eigenvalue weighted by atomic mass is 10.1. The van der Waals surface area contributed by atoms with Crippen molar-refractivity contribution >= 4 is 28.9 Å². The van der Waals surface area contributed by atoms with Gasteiger partial charge in [0.2, 0.25) is 0 Å². The van der Waals surface area contributed by atoms with E-state index >= 15 is 0 Å². The molecule has 0 aliphatic heterocycles. The Kier molecular flexibility index (Phi) is 5.23. The molecule has 0 heterocycles. The number of nitrogens with one attached hydrogen (secondary N) is 1. The standard InChI is InChI=1S/C16H14ClF3N2O2/c1-2-24-14-6-3-9(21)7-11(14)15(23)22-10-4-5-13(17)12(8-10)16(18,19)20/h3-8H,2,21H2,1H3,(H,22,23). The molecule has 0 aromatic heterocycles. The molecule has 8 heteroatoms. The van der Waals surface area contributed by atoms with E-state index in [9.17, 15) is 18.0 Å². The van der Waals surface area contributed by atoms with Crippen molar-refractivity contribution in [1.82, 2.24) is 0 Å².